The maximum atomic E-state index is 4.43. The zero-order chi connectivity index (χ0) is 11.7. The van der Waals surface area contributed by atoms with Gasteiger partial charge in [-0.3, -0.25) is 0 Å². The van der Waals surface area contributed by atoms with E-state index in [-0.39, 0.29) is 0 Å². The molecule has 0 unspecified atom stereocenters. The van der Waals surface area contributed by atoms with Crippen LogP contribution in [0.2, 0.25) is 0 Å². The number of rotatable bonds is 2. The zero-order valence-electron chi connectivity index (χ0n) is 10.8. The van der Waals surface area contributed by atoms with Crippen LogP contribution in [0.4, 0.5) is 0 Å². The van der Waals surface area contributed by atoms with Crippen molar-refractivity contribution in [3.05, 3.63) is 18.2 Å². The minimum absolute atomic E-state index is 0.338. The number of nitrogens with zero attached hydrogens (tertiary/aromatic N) is 2. The summed E-state index contributed by atoms with van der Waals surface area (Å²) in [7, 11) is 0. The lowest BCUT2D eigenvalue weighted by Crippen LogP contribution is -2.39. The highest BCUT2D eigenvalue weighted by atomic mass is 15.1. The number of imidazole rings is 1. The molecule has 0 spiro atoms. The monoisotopic (exact) mass is 233 g/mol. The third kappa shape index (κ3) is 2.01. The number of hydrogen-bond acceptors (Lipinski definition) is 2. The van der Waals surface area contributed by atoms with E-state index in [9.17, 15) is 0 Å². The van der Waals surface area contributed by atoms with Gasteiger partial charge in [0.1, 0.15) is 0 Å². The molecule has 0 radical (unpaired) electrons. The van der Waals surface area contributed by atoms with Crippen molar-refractivity contribution >= 4 is 0 Å². The Balaban J connectivity index is 1.89. The highest BCUT2D eigenvalue weighted by Crippen LogP contribution is 2.37. The molecule has 1 aliphatic carbocycles. The average molecular weight is 233 g/mol. The van der Waals surface area contributed by atoms with Gasteiger partial charge in [-0.05, 0) is 38.8 Å². The summed E-state index contributed by atoms with van der Waals surface area (Å²) in [6, 6.07) is 0.721. The van der Waals surface area contributed by atoms with E-state index in [1.807, 2.05) is 0 Å². The first-order valence-corrected chi connectivity index (χ1v) is 7.03. The van der Waals surface area contributed by atoms with Gasteiger partial charge in [-0.1, -0.05) is 19.8 Å². The van der Waals surface area contributed by atoms with E-state index < -0.39 is 0 Å². The molecule has 2 fully saturated rings. The van der Waals surface area contributed by atoms with Crippen LogP contribution in [0.5, 0.6) is 0 Å². The summed E-state index contributed by atoms with van der Waals surface area (Å²) in [6.45, 7) is 4.70. The van der Waals surface area contributed by atoms with Gasteiger partial charge in [-0.2, -0.15) is 0 Å². The topological polar surface area (TPSA) is 29.9 Å². The standard InChI is InChI=1S/C14H23N3/c1-14(6-8-15-9-7-14)13-10-16-11-17(13)12-4-2-3-5-12/h10-12,15H,2-9H2,1H3. The average Bonchev–Trinajstić information content (AvgIpc) is 3.01. The summed E-state index contributed by atoms with van der Waals surface area (Å²) in [5, 5.41) is 3.46. The molecular formula is C14H23N3. The summed E-state index contributed by atoms with van der Waals surface area (Å²) in [5.74, 6) is 0. The Morgan fingerprint density at radius 3 is 2.71 bits per heavy atom. The molecule has 1 saturated heterocycles. The third-order valence-electron chi connectivity index (χ3n) is 4.71. The van der Waals surface area contributed by atoms with Crippen LogP contribution in [-0.4, -0.2) is 22.6 Å². The van der Waals surface area contributed by atoms with E-state index in [2.05, 4.69) is 34.3 Å². The summed E-state index contributed by atoms with van der Waals surface area (Å²) < 4.78 is 2.48. The number of hydrogen-bond donors (Lipinski definition) is 1. The molecule has 2 aliphatic rings. The highest BCUT2D eigenvalue weighted by molar-refractivity contribution is 5.16. The van der Waals surface area contributed by atoms with E-state index in [4.69, 9.17) is 0 Å². The SMILES string of the molecule is CC1(c2cncn2C2CCCC2)CCNCC1. The second-order valence-electron chi connectivity index (χ2n) is 5.94. The van der Waals surface area contributed by atoms with Crippen LogP contribution in [0.15, 0.2) is 12.5 Å². The minimum Gasteiger partial charge on any atom is -0.331 e. The molecule has 1 saturated carbocycles. The Morgan fingerprint density at radius 1 is 1.29 bits per heavy atom. The van der Waals surface area contributed by atoms with Gasteiger partial charge in [-0.15, -0.1) is 0 Å². The van der Waals surface area contributed by atoms with E-state index in [1.165, 1.54) is 44.2 Å². The molecule has 1 N–H and O–H groups in total. The van der Waals surface area contributed by atoms with Gasteiger partial charge in [0, 0.05) is 23.3 Å². The van der Waals surface area contributed by atoms with Crippen LogP contribution in [0.3, 0.4) is 0 Å². The predicted molar refractivity (Wildman–Crippen MR) is 69.2 cm³/mol. The lowest BCUT2D eigenvalue weighted by Gasteiger charge is -2.35. The van der Waals surface area contributed by atoms with Gasteiger partial charge in [0.2, 0.25) is 0 Å². The maximum Gasteiger partial charge on any atom is 0.0950 e. The van der Waals surface area contributed by atoms with E-state index in [0.29, 0.717) is 5.41 Å². The van der Waals surface area contributed by atoms with Crippen molar-refractivity contribution in [1.82, 2.24) is 14.9 Å². The lowest BCUT2D eigenvalue weighted by molar-refractivity contribution is 0.308. The molecule has 0 atom stereocenters. The fourth-order valence-corrected chi connectivity index (χ4v) is 3.48. The van der Waals surface area contributed by atoms with Crippen molar-refractivity contribution < 1.29 is 0 Å². The largest absolute Gasteiger partial charge is 0.331 e. The first kappa shape index (κ1) is 11.3. The van der Waals surface area contributed by atoms with Gasteiger partial charge in [0.15, 0.2) is 0 Å². The van der Waals surface area contributed by atoms with Crippen molar-refractivity contribution in [1.29, 1.82) is 0 Å². The van der Waals surface area contributed by atoms with Gasteiger partial charge >= 0.3 is 0 Å². The summed E-state index contributed by atoms with van der Waals surface area (Å²) in [4.78, 5) is 4.43. The third-order valence-corrected chi connectivity index (χ3v) is 4.71. The Kier molecular flexibility index (Phi) is 2.95. The fraction of sp³-hybridized carbons (Fsp3) is 0.786. The fourth-order valence-electron chi connectivity index (χ4n) is 3.48. The number of aromatic nitrogens is 2. The Bertz CT molecular complexity index is 371. The first-order chi connectivity index (χ1) is 8.30. The smallest absolute Gasteiger partial charge is 0.0950 e. The maximum absolute atomic E-state index is 4.43. The molecule has 94 valence electrons. The van der Waals surface area contributed by atoms with Crippen molar-refractivity contribution in [2.24, 2.45) is 0 Å². The predicted octanol–water partition coefficient (Wildman–Crippen LogP) is 2.64. The van der Waals surface area contributed by atoms with E-state index in [1.54, 1.807) is 0 Å². The molecule has 1 aromatic heterocycles. The van der Waals surface area contributed by atoms with Crippen LogP contribution in [0, 0.1) is 0 Å². The Morgan fingerprint density at radius 2 is 2.00 bits per heavy atom. The lowest BCUT2D eigenvalue weighted by atomic mass is 9.78. The molecule has 3 nitrogen and oxygen atoms in total. The molecule has 0 aromatic carbocycles. The second-order valence-corrected chi connectivity index (χ2v) is 5.94. The quantitative estimate of drug-likeness (QED) is 0.851. The molecule has 0 amide bonds. The number of piperidine rings is 1. The van der Waals surface area contributed by atoms with Crippen molar-refractivity contribution in [2.75, 3.05) is 13.1 Å². The van der Waals surface area contributed by atoms with E-state index >= 15 is 0 Å². The van der Waals surface area contributed by atoms with Crippen LogP contribution in [0.25, 0.3) is 0 Å². The molecule has 3 rings (SSSR count). The zero-order valence-corrected chi connectivity index (χ0v) is 10.8. The summed E-state index contributed by atoms with van der Waals surface area (Å²) in [6.07, 6.45) is 12.1. The normalized spacial score (nSPS) is 25.2. The van der Waals surface area contributed by atoms with Crippen LogP contribution >= 0.6 is 0 Å². The minimum atomic E-state index is 0.338. The van der Waals surface area contributed by atoms with Gasteiger partial charge in [-0.25, -0.2) is 4.98 Å². The van der Waals surface area contributed by atoms with Crippen LogP contribution < -0.4 is 5.32 Å². The molecule has 0 bridgehead atoms. The molecule has 3 heteroatoms. The Hall–Kier alpha value is -0.830. The molecule has 2 heterocycles. The van der Waals surface area contributed by atoms with Crippen LogP contribution in [-0.2, 0) is 5.41 Å². The van der Waals surface area contributed by atoms with Gasteiger partial charge in [0.25, 0.3) is 0 Å². The van der Waals surface area contributed by atoms with Crippen molar-refractivity contribution in [3.8, 4) is 0 Å². The van der Waals surface area contributed by atoms with Gasteiger partial charge in [0.05, 0.1) is 6.33 Å². The molecule has 1 aliphatic heterocycles. The first-order valence-electron chi connectivity index (χ1n) is 7.03. The number of nitrogens with one attached hydrogen (secondary N) is 1. The van der Waals surface area contributed by atoms with Crippen LogP contribution in [0.1, 0.15) is 57.2 Å². The molecule has 17 heavy (non-hydrogen) atoms. The summed E-state index contributed by atoms with van der Waals surface area (Å²) >= 11 is 0. The second kappa shape index (κ2) is 4.45. The van der Waals surface area contributed by atoms with Crippen molar-refractivity contribution in [2.45, 2.75) is 56.9 Å². The molecular weight excluding hydrogens is 210 g/mol. The van der Waals surface area contributed by atoms with Gasteiger partial charge < -0.3 is 9.88 Å². The van der Waals surface area contributed by atoms with Crippen molar-refractivity contribution in [3.63, 3.8) is 0 Å². The summed E-state index contributed by atoms with van der Waals surface area (Å²) in [5.41, 5.74) is 1.82. The van der Waals surface area contributed by atoms with E-state index in [0.717, 1.165) is 19.1 Å². The molecule has 1 aromatic rings. The highest BCUT2D eigenvalue weighted by Gasteiger charge is 2.33. The Labute approximate surface area is 104 Å².